The molecule has 112 valence electrons. The predicted molar refractivity (Wildman–Crippen MR) is 90.6 cm³/mol. The summed E-state index contributed by atoms with van der Waals surface area (Å²) in [6.45, 7) is 1.60. The summed E-state index contributed by atoms with van der Waals surface area (Å²) in [7, 11) is 0. The van der Waals surface area contributed by atoms with E-state index in [-0.39, 0.29) is 5.91 Å². The normalized spacial score (nSPS) is 14.0. The van der Waals surface area contributed by atoms with Crippen LogP contribution in [0.15, 0.2) is 65.7 Å². The maximum Gasteiger partial charge on any atom is 0.266 e. The SMILES string of the molecule is O=C(C(Cl)=C(c1ccccc1)c1ccccc1)N1CCCC1. The number of rotatable bonds is 3. The van der Waals surface area contributed by atoms with E-state index in [1.54, 1.807) is 0 Å². The van der Waals surface area contributed by atoms with Gasteiger partial charge >= 0.3 is 0 Å². The van der Waals surface area contributed by atoms with Crippen LogP contribution in [0.1, 0.15) is 24.0 Å². The molecule has 2 aromatic carbocycles. The average Bonchev–Trinajstić information content (AvgIpc) is 3.11. The lowest BCUT2D eigenvalue weighted by Gasteiger charge is -2.18. The third-order valence-corrected chi connectivity index (χ3v) is 4.28. The molecule has 0 aromatic heterocycles. The van der Waals surface area contributed by atoms with Gasteiger partial charge in [-0.1, -0.05) is 72.3 Å². The van der Waals surface area contributed by atoms with E-state index in [0.717, 1.165) is 42.6 Å². The van der Waals surface area contributed by atoms with Gasteiger partial charge in [-0.05, 0) is 24.0 Å². The molecular weight excluding hydrogens is 294 g/mol. The van der Waals surface area contributed by atoms with Crippen molar-refractivity contribution >= 4 is 23.1 Å². The van der Waals surface area contributed by atoms with Gasteiger partial charge in [-0.25, -0.2) is 0 Å². The summed E-state index contributed by atoms with van der Waals surface area (Å²) in [5, 5.41) is 0.305. The highest BCUT2D eigenvalue weighted by atomic mass is 35.5. The Hall–Kier alpha value is -2.06. The number of halogens is 1. The van der Waals surface area contributed by atoms with Crippen LogP contribution in [0.5, 0.6) is 0 Å². The Morgan fingerprint density at radius 3 is 1.73 bits per heavy atom. The molecule has 1 aliphatic rings. The minimum atomic E-state index is -0.0677. The van der Waals surface area contributed by atoms with Crippen LogP contribution in [-0.4, -0.2) is 23.9 Å². The van der Waals surface area contributed by atoms with Crippen molar-refractivity contribution in [1.29, 1.82) is 0 Å². The molecule has 2 aromatic rings. The summed E-state index contributed by atoms with van der Waals surface area (Å²) < 4.78 is 0. The van der Waals surface area contributed by atoms with E-state index in [1.807, 2.05) is 65.6 Å². The number of carbonyl (C=O) groups is 1. The molecule has 3 rings (SSSR count). The van der Waals surface area contributed by atoms with Crippen LogP contribution in [0.4, 0.5) is 0 Å². The van der Waals surface area contributed by atoms with Crippen molar-refractivity contribution in [2.24, 2.45) is 0 Å². The van der Waals surface area contributed by atoms with E-state index in [9.17, 15) is 4.79 Å². The van der Waals surface area contributed by atoms with Crippen LogP contribution >= 0.6 is 11.6 Å². The molecule has 1 fully saturated rings. The number of benzene rings is 2. The van der Waals surface area contributed by atoms with E-state index in [4.69, 9.17) is 11.6 Å². The fraction of sp³-hybridized carbons (Fsp3) is 0.211. The second-order valence-corrected chi connectivity index (χ2v) is 5.80. The van der Waals surface area contributed by atoms with Crippen molar-refractivity contribution in [2.45, 2.75) is 12.8 Å². The number of hydrogen-bond acceptors (Lipinski definition) is 1. The van der Waals surface area contributed by atoms with Gasteiger partial charge in [0.1, 0.15) is 5.03 Å². The molecule has 1 aliphatic heterocycles. The van der Waals surface area contributed by atoms with Gasteiger partial charge in [0.2, 0.25) is 0 Å². The fourth-order valence-electron chi connectivity index (χ4n) is 2.80. The quantitative estimate of drug-likeness (QED) is 0.774. The van der Waals surface area contributed by atoms with Gasteiger partial charge < -0.3 is 4.90 Å². The van der Waals surface area contributed by atoms with Gasteiger partial charge in [0.25, 0.3) is 5.91 Å². The molecule has 1 saturated heterocycles. The topological polar surface area (TPSA) is 20.3 Å². The minimum absolute atomic E-state index is 0.0677. The second-order valence-electron chi connectivity index (χ2n) is 5.42. The van der Waals surface area contributed by atoms with Crippen molar-refractivity contribution in [2.75, 3.05) is 13.1 Å². The third-order valence-electron chi connectivity index (χ3n) is 3.93. The Kier molecular flexibility index (Phi) is 4.59. The third kappa shape index (κ3) is 3.07. The van der Waals surface area contributed by atoms with Crippen LogP contribution < -0.4 is 0 Å². The molecule has 0 radical (unpaired) electrons. The summed E-state index contributed by atoms with van der Waals surface area (Å²) in [6.07, 6.45) is 2.11. The number of likely N-dealkylation sites (tertiary alicyclic amines) is 1. The zero-order valence-electron chi connectivity index (χ0n) is 12.3. The smallest absolute Gasteiger partial charge is 0.266 e. The first-order chi connectivity index (χ1) is 10.8. The van der Waals surface area contributed by atoms with Crippen LogP contribution in [0.3, 0.4) is 0 Å². The molecule has 0 aliphatic carbocycles. The van der Waals surface area contributed by atoms with Crippen molar-refractivity contribution in [3.63, 3.8) is 0 Å². The van der Waals surface area contributed by atoms with Crippen molar-refractivity contribution in [3.05, 3.63) is 76.8 Å². The lowest BCUT2D eigenvalue weighted by molar-refractivity contribution is -0.125. The number of nitrogens with zero attached hydrogens (tertiary/aromatic N) is 1. The summed E-state index contributed by atoms with van der Waals surface area (Å²) in [4.78, 5) is 14.5. The van der Waals surface area contributed by atoms with Crippen molar-refractivity contribution < 1.29 is 4.79 Å². The van der Waals surface area contributed by atoms with Gasteiger partial charge in [-0.3, -0.25) is 4.79 Å². The molecule has 0 atom stereocenters. The predicted octanol–water partition coefficient (Wildman–Crippen LogP) is 4.31. The molecule has 0 saturated carbocycles. The average molecular weight is 312 g/mol. The van der Waals surface area contributed by atoms with E-state index < -0.39 is 0 Å². The largest absolute Gasteiger partial charge is 0.338 e. The first-order valence-corrected chi connectivity index (χ1v) is 7.95. The van der Waals surface area contributed by atoms with Gasteiger partial charge in [0.05, 0.1) is 0 Å². The fourth-order valence-corrected chi connectivity index (χ4v) is 3.13. The molecule has 2 nitrogen and oxygen atoms in total. The van der Waals surface area contributed by atoms with Crippen LogP contribution in [0.2, 0.25) is 0 Å². The zero-order valence-corrected chi connectivity index (χ0v) is 13.1. The highest BCUT2D eigenvalue weighted by molar-refractivity contribution is 6.45. The van der Waals surface area contributed by atoms with Gasteiger partial charge in [-0.15, -0.1) is 0 Å². The highest BCUT2D eigenvalue weighted by Crippen LogP contribution is 2.30. The summed E-state index contributed by atoms with van der Waals surface area (Å²) in [6, 6.07) is 19.7. The second kappa shape index (κ2) is 6.80. The van der Waals surface area contributed by atoms with Crippen LogP contribution in [0, 0.1) is 0 Å². The Balaban J connectivity index is 2.08. The van der Waals surface area contributed by atoms with E-state index in [1.165, 1.54) is 0 Å². The Morgan fingerprint density at radius 1 is 0.818 bits per heavy atom. The molecule has 0 spiro atoms. The Morgan fingerprint density at radius 2 is 1.27 bits per heavy atom. The summed E-state index contributed by atoms with van der Waals surface area (Å²) >= 11 is 6.53. The lowest BCUT2D eigenvalue weighted by Crippen LogP contribution is -2.28. The number of carbonyl (C=O) groups excluding carboxylic acids is 1. The molecule has 0 unspecified atom stereocenters. The van der Waals surface area contributed by atoms with Crippen molar-refractivity contribution in [1.82, 2.24) is 4.90 Å². The molecule has 1 heterocycles. The van der Waals surface area contributed by atoms with E-state index in [0.29, 0.717) is 5.03 Å². The molecule has 22 heavy (non-hydrogen) atoms. The van der Waals surface area contributed by atoms with Gasteiger partial charge in [0, 0.05) is 18.7 Å². The standard InChI is InChI=1S/C19H18ClNO/c20-18(19(22)21-13-7-8-14-21)17(15-9-3-1-4-10-15)16-11-5-2-6-12-16/h1-6,9-12H,7-8,13-14H2. The van der Waals surface area contributed by atoms with E-state index in [2.05, 4.69) is 0 Å². The van der Waals surface area contributed by atoms with Gasteiger partial charge in [-0.2, -0.15) is 0 Å². The number of hydrogen-bond donors (Lipinski definition) is 0. The van der Waals surface area contributed by atoms with Gasteiger partial charge in [0.15, 0.2) is 0 Å². The molecular formula is C19H18ClNO. The maximum atomic E-state index is 12.7. The number of amides is 1. The first-order valence-electron chi connectivity index (χ1n) is 7.57. The monoisotopic (exact) mass is 311 g/mol. The maximum absolute atomic E-state index is 12.7. The van der Waals surface area contributed by atoms with E-state index >= 15 is 0 Å². The van der Waals surface area contributed by atoms with Crippen LogP contribution in [-0.2, 0) is 4.79 Å². The Labute approximate surface area is 136 Å². The molecule has 0 N–H and O–H groups in total. The zero-order chi connectivity index (χ0) is 15.4. The summed E-state index contributed by atoms with van der Waals surface area (Å²) in [5.74, 6) is -0.0677. The lowest BCUT2D eigenvalue weighted by atomic mass is 9.97. The molecule has 3 heteroatoms. The van der Waals surface area contributed by atoms with Crippen molar-refractivity contribution in [3.8, 4) is 0 Å². The molecule has 1 amide bonds. The highest BCUT2D eigenvalue weighted by Gasteiger charge is 2.24. The first kappa shape index (κ1) is 14.9. The minimum Gasteiger partial charge on any atom is -0.338 e. The summed E-state index contributed by atoms with van der Waals surface area (Å²) in [5.41, 5.74) is 2.73. The molecule has 0 bridgehead atoms. The Bertz CT molecular complexity index is 632. The van der Waals surface area contributed by atoms with Crippen LogP contribution in [0.25, 0.3) is 5.57 Å².